The van der Waals surface area contributed by atoms with E-state index >= 15 is 0 Å². The number of nitrogens with one attached hydrogen (secondary N) is 3. The largest absolute Gasteiger partial charge is 0.368 e. The minimum Gasteiger partial charge on any atom is -0.368 e. The lowest BCUT2D eigenvalue weighted by molar-refractivity contribution is 0.0960. The van der Waals surface area contributed by atoms with Crippen molar-refractivity contribution in [1.82, 2.24) is 20.8 Å². The molecule has 0 radical (unpaired) electrons. The van der Waals surface area contributed by atoms with Crippen molar-refractivity contribution in [3.63, 3.8) is 0 Å². The van der Waals surface area contributed by atoms with Crippen molar-refractivity contribution >= 4 is 52.0 Å². The number of thiophene rings is 1. The Hall–Kier alpha value is -2.92. The molecular weight excluding hydrogens is 492 g/mol. The average molecular weight is 515 g/mol. The maximum atomic E-state index is 12.4. The van der Waals surface area contributed by atoms with Gasteiger partial charge in [-0.1, -0.05) is 17.7 Å². The van der Waals surface area contributed by atoms with Gasteiger partial charge in [-0.15, -0.1) is 16.9 Å². The van der Waals surface area contributed by atoms with E-state index in [1.54, 1.807) is 35.0 Å². The summed E-state index contributed by atoms with van der Waals surface area (Å²) < 4.78 is 2.23. The molecule has 0 unspecified atom stereocenters. The number of pyridine rings is 1. The van der Waals surface area contributed by atoms with E-state index in [1.165, 1.54) is 11.3 Å². The highest BCUT2D eigenvalue weighted by Crippen LogP contribution is 2.33. The van der Waals surface area contributed by atoms with Gasteiger partial charge in [-0.25, -0.2) is 0 Å². The molecule has 0 spiro atoms. The minimum atomic E-state index is -0.165. The van der Waals surface area contributed by atoms with Crippen LogP contribution in [0.25, 0.3) is 5.69 Å². The number of hydrazine groups is 2. The number of halogens is 1. The van der Waals surface area contributed by atoms with Crippen LogP contribution in [0, 0.1) is 0 Å². The van der Waals surface area contributed by atoms with Gasteiger partial charge in [0.2, 0.25) is 0 Å². The normalized spacial score (nSPS) is 15.7. The van der Waals surface area contributed by atoms with Gasteiger partial charge in [-0.3, -0.25) is 19.2 Å². The summed E-state index contributed by atoms with van der Waals surface area (Å²) in [6, 6.07) is 14.6. The van der Waals surface area contributed by atoms with Gasteiger partial charge in [-0.2, -0.15) is 11.8 Å². The fourth-order valence-corrected chi connectivity index (χ4v) is 5.70. The lowest BCUT2D eigenvalue weighted by atomic mass is 10.2. The Kier molecular flexibility index (Phi) is 6.82. The summed E-state index contributed by atoms with van der Waals surface area (Å²) in [6.45, 7) is 2.20. The van der Waals surface area contributed by atoms with Crippen LogP contribution in [0.5, 0.6) is 0 Å². The van der Waals surface area contributed by atoms with Gasteiger partial charge in [0.05, 0.1) is 38.5 Å². The molecule has 0 saturated carbocycles. The summed E-state index contributed by atoms with van der Waals surface area (Å²) in [5, 5.41) is 4.81. The number of hydrogen-bond donors (Lipinski definition) is 3. The van der Waals surface area contributed by atoms with Gasteiger partial charge in [0.25, 0.3) is 11.5 Å². The summed E-state index contributed by atoms with van der Waals surface area (Å²) >= 11 is 9.13. The predicted octanol–water partition coefficient (Wildman–Crippen LogP) is 3.21. The van der Waals surface area contributed by atoms with Crippen molar-refractivity contribution in [3.05, 3.63) is 86.2 Å². The Morgan fingerprint density at radius 1 is 1.09 bits per heavy atom. The quantitative estimate of drug-likeness (QED) is 0.466. The molecule has 5 rings (SSSR count). The molecule has 2 aliphatic heterocycles. The first-order valence-corrected chi connectivity index (χ1v) is 13.1. The maximum absolute atomic E-state index is 12.4. The first-order valence-electron chi connectivity index (χ1n) is 10.8. The lowest BCUT2D eigenvalue weighted by Crippen LogP contribution is -2.40. The van der Waals surface area contributed by atoms with Crippen LogP contribution in [-0.2, 0) is 0 Å². The molecule has 0 bridgehead atoms. The van der Waals surface area contributed by atoms with Gasteiger partial charge < -0.3 is 15.6 Å². The minimum absolute atomic E-state index is 0.0682. The predicted molar refractivity (Wildman–Crippen MR) is 140 cm³/mol. The second-order valence-corrected chi connectivity index (χ2v) is 10.7. The molecule has 8 nitrogen and oxygen atoms in total. The van der Waals surface area contributed by atoms with Crippen molar-refractivity contribution < 1.29 is 4.79 Å². The molecule has 176 valence electrons. The van der Waals surface area contributed by atoms with E-state index in [2.05, 4.69) is 27.2 Å². The molecule has 3 aromatic rings. The molecule has 4 heterocycles. The highest BCUT2D eigenvalue weighted by molar-refractivity contribution is 7.99. The van der Waals surface area contributed by atoms with Crippen molar-refractivity contribution in [2.75, 3.05) is 41.0 Å². The van der Waals surface area contributed by atoms with E-state index in [-0.39, 0.29) is 11.5 Å². The van der Waals surface area contributed by atoms with Crippen LogP contribution >= 0.6 is 34.7 Å². The number of nitrogens with zero attached hydrogens (tertiary/aromatic N) is 3. The molecule has 11 heteroatoms. The van der Waals surface area contributed by atoms with E-state index in [0.29, 0.717) is 15.8 Å². The third-order valence-electron chi connectivity index (χ3n) is 5.53. The van der Waals surface area contributed by atoms with Gasteiger partial charge in [0, 0.05) is 43.1 Å². The van der Waals surface area contributed by atoms with Crippen LogP contribution in [-0.4, -0.2) is 41.6 Å². The Balaban J connectivity index is 1.38. The zero-order valence-electron chi connectivity index (χ0n) is 18.2. The summed E-state index contributed by atoms with van der Waals surface area (Å²) in [4.78, 5) is 27.6. The Bertz CT molecular complexity index is 1280. The fraction of sp³-hybridized carbons (Fsp3) is 0.217. The van der Waals surface area contributed by atoms with E-state index < -0.39 is 0 Å². The summed E-state index contributed by atoms with van der Waals surface area (Å²) in [5.74, 6) is 1.95. The number of anilines is 2. The van der Waals surface area contributed by atoms with Crippen molar-refractivity contribution in [2.24, 2.45) is 0 Å². The second-order valence-electron chi connectivity index (χ2n) is 7.73. The SMILES string of the molecule is O=C(NCC1=CN(c2ccc(-n3ccccc3=O)cc2N2CCSCC2)NN1)c1ccc(Cl)s1. The topological polar surface area (TPSA) is 81.6 Å². The first-order chi connectivity index (χ1) is 16.6. The lowest BCUT2D eigenvalue weighted by Gasteiger charge is -2.32. The van der Waals surface area contributed by atoms with Gasteiger partial charge in [0.1, 0.15) is 0 Å². The maximum Gasteiger partial charge on any atom is 0.261 e. The number of amides is 1. The van der Waals surface area contributed by atoms with Crippen LogP contribution in [0.3, 0.4) is 0 Å². The van der Waals surface area contributed by atoms with Gasteiger partial charge >= 0.3 is 0 Å². The second kappa shape index (κ2) is 10.1. The van der Waals surface area contributed by atoms with Crippen LogP contribution in [0.4, 0.5) is 11.4 Å². The van der Waals surface area contributed by atoms with E-state index in [4.69, 9.17) is 11.6 Å². The summed E-state index contributed by atoms with van der Waals surface area (Å²) in [7, 11) is 0. The standard InChI is InChI=1S/C23H23ClN6O2S2/c24-21-7-6-20(34-21)23(32)25-14-16-15-30(27-26-16)18-5-4-17(29-8-2-1-3-22(29)31)13-19(18)28-9-11-33-12-10-28/h1-8,13,15,26-27H,9-12,14H2,(H,25,32). The van der Waals surface area contributed by atoms with Crippen LogP contribution in [0.15, 0.2) is 71.4 Å². The zero-order valence-corrected chi connectivity index (χ0v) is 20.6. The number of aromatic nitrogens is 1. The van der Waals surface area contributed by atoms with Crippen LogP contribution in [0.1, 0.15) is 9.67 Å². The smallest absolute Gasteiger partial charge is 0.261 e. The fourth-order valence-electron chi connectivity index (χ4n) is 3.83. The highest BCUT2D eigenvalue weighted by atomic mass is 35.5. The van der Waals surface area contributed by atoms with Crippen LogP contribution in [0.2, 0.25) is 4.34 Å². The molecule has 1 amide bonds. The van der Waals surface area contributed by atoms with E-state index in [9.17, 15) is 9.59 Å². The monoisotopic (exact) mass is 514 g/mol. The molecule has 1 fully saturated rings. The molecule has 3 N–H and O–H groups in total. The molecular formula is C23H23ClN6O2S2. The summed E-state index contributed by atoms with van der Waals surface area (Å²) in [5.41, 5.74) is 9.85. The molecule has 1 saturated heterocycles. The van der Waals surface area contributed by atoms with Crippen molar-refractivity contribution in [2.45, 2.75) is 0 Å². The average Bonchev–Trinajstić information content (AvgIpc) is 3.52. The van der Waals surface area contributed by atoms with Crippen LogP contribution < -0.4 is 31.7 Å². The number of thioether (sulfide) groups is 1. The number of carbonyl (C=O) groups is 1. The van der Waals surface area contributed by atoms with Crippen molar-refractivity contribution in [3.8, 4) is 5.69 Å². The van der Waals surface area contributed by atoms with Gasteiger partial charge in [0.15, 0.2) is 0 Å². The van der Waals surface area contributed by atoms with E-state index in [0.717, 1.165) is 47.4 Å². The number of carbonyl (C=O) groups excluding carboxylic acids is 1. The number of rotatable bonds is 6. The Morgan fingerprint density at radius 3 is 2.71 bits per heavy atom. The van der Waals surface area contributed by atoms with Gasteiger partial charge in [-0.05, 0) is 36.4 Å². The zero-order chi connectivity index (χ0) is 23.5. The third kappa shape index (κ3) is 4.95. The number of benzene rings is 1. The van der Waals surface area contributed by atoms with Crippen molar-refractivity contribution in [1.29, 1.82) is 0 Å². The highest BCUT2D eigenvalue weighted by Gasteiger charge is 2.22. The molecule has 2 aromatic heterocycles. The third-order valence-corrected chi connectivity index (χ3v) is 7.70. The van der Waals surface area contributed by atoms with E-state index in [1.807, 2.05) is 41.2 Å². The molecule has 0 aliphatic carbocycles. The molecule has 1 aromatic carbocycles. The molecule has 0 atom stereocenters. The molecule has 34 heavy (non-hydrogen) atoms. The Morgan fingerprint density at radius 2 is 1.94 bits per heavy atom. The Labute approximate surface area is 210 Å². The first kappa shape index (κ1) is 22.9. The summed E-state index contributed by atoms with van der Waals surface area (Å²) in [6.07, 6.45) is 3.71. The number of hydrogen-bond acceptors (Lipinski definition) is 8. The molecule has 2 aliphatic rings.